The Balaban J connectivity index is 2.78. The first kappa shape index (κ1) is 12.7. The lowest BCUT2D eigenvalue weighted by Crippen LogP contribution is -1.93. The molecular weight excluding hydrogens is 224 g/mol. The fourth-order valence-corrected chi connectivity index (χ4v) is 2.55. The fourth-order valence-electron chi connectivity index (χ4n) is 2.55. The number of aryl methyl sites for hydroxylation is 2. The molecule has 0 amide bonds. The first-order chi connectivity index (χ1) is 8.69. The third-order valence-corrected chi connectivity index (χ3v) is 3.35. The van der Waals surface area contributed by atoms with Crippen molar-refractivity contribution in [3.8, 4) is 11.5 Å². The van der Waals surface area contributed by atoms with E-state index < -0.39 is 0 Å². The van der Waals surface area contributed by atoms with Gasteiger partial charge in [0.2, 0.25) is 0 Å². The largest absolute Gasteiger partial charge is 0.508 e. The van der Waals surface area contributed by atoms with Gasteiger partial charge in [0.1, 0.15) is 11.5 Å². The number of phenols is 2. The Bertz CT molecular complexity index is 559. The maximum absolute atomic E-state index is 10.0. The van der Waals surface area contributed by atoms with Gasteiger partial charge in [0, 0.05) is 10.9 Å². The number of rotatable bonds is 4. The van der Waals surface area contributed by atoms with Crippen molar-refractivity contribution in [1.29, 1.82) is 0 Å². The second-order valence-corrected chi connectivity index (χ2v) is 4.73. The molecule has 2 heteroatoms. The van der Waals surface area contributed by atoms with Crippen LogP contribution in [0.3, 0.4) is 0 Å². The highest BCUT2D eigenvalue weighted by atomic mass is 16.3. The predicted molar refractivity (Wildman–Crippen MR) is 75.3 cm³/mol. The first-order valence-electron chi connectivity index (χ1n) is 6.64. The number of phenolic OH excluding ortho intramolecular Hbond substituents is 2. The molecule has 0 aliphatic heterocycles. The van der Waals surface area contributed by atoms with Crippen molar-refractivity contribution in [2.24, 2.45) is 0 Å². The van der Waals surface area contributed by atoms with Crippen LogP contribution in [0.1, 0.15) is 37.8 Å². The zero-order chi connectivity index (χ0) is 13.1. The molecule has 0 bridgehead atoms. The standard InChI is InChI=1S/C16H20O2/c1-3-5-11-7-9-14(17)13-8-10-15(18)12(6-4-2)16(11)13/h7-10,17-18H,3-6H2,1-2H3. The van der Waals surface area contributed by atoms with Gasteiger partial charge in [-0.1, -0.05) is 32.8 Å². The van der Waals surface area contributed by atoms with E-state index in [1.54, 1.807) is 18.2 Å². The topological polar surface area (TPSA) is 40.5 Å². The molecule has 96 valence electrons. The molecule has 0 aliphatic rings. The molecule has 0 unspecified atom stereocenters. The van der Waals surface area contributed by atoms with E-state index in [1.807, 2.05) is 6.07 Å². The smallest absolute Gasteiger partial charge is 0.123 e. The van der Waals surface area contributed by atoms with Crippen molar-refractivity contribution in [2.75, 3.05) is 0 Å². The highest BCUT2D eigenvalue weighted by Crippen LogP contribution is 2.36. The molecule has 0 aliphatic carbocycles. The van der Waals surface area contributed by atoms with Crippen LogP contribution in [-0.2, 0) is 12.8 Å². The van der Waals surface area contributed by atoms with Crippen molar-refractivity contribution in [3.63, 3.8) is 0 Å². The normalized spacial score (nSPS) is 11.0. The van der Waals surface area contributed by atoms with Crippen LogP contribution in [0.5, 0.6) is 11.5 Å². The molecular formula is C16H20O2. The predicted octanol–water partition coefficient (Wildman–Crippen LogP) is 4.16. The first-order valence-corrected chi connectivity index (χ1v) is 6.64. The van der Waals surface area contributed by atoms with Crippen molar-refractivity contribution in [2.45, 2.75) is 39.5 Å². The quantitative estimate of drug-likeness (QED) is 0.848. The molecule has 2 nitrogen and oxygen atoms in total. The van der Waals surface area contributed by atoms with Crippen LogP contribution >= 0.6 is 0 Å². The molecule has 2 rings (SSSR count). The average molecular weight is 244 g/mol. The lowest BCUT2D eigenvalue weighted by molar-refractivity contribution is 0.468. The van der Waals surface area contributed by atoms with Gasteiger partial charge < -0.3 is 10.2 Å². The Morgan fingerprint density at radius 3 is 2.17 bits per heavy atom. The van der Waals surface area contributed by atoms with Gasteiger partial charge in [-0.25, -0.2) is 0 Å². The van der Waals surface area contributed by atoms with Gasteiger partial charge in [-0.05, 0) is 42.0 Å². The maximum Gasteiger partial charge on any atom is 0.123 e. The second kappa shape index (κ2) is 5.30. The van der Waals surface area contributed by atoms with Gasteiger partial charge in [-0.15, -0.1) is 0 Å². The molecule has 0 radical (unpaired) electrons. The Labute approximate surface area is 108 Å². The van der Waals surface area contributed by atoms with Gasteiger partial charge >= 0.3 is 0 Å². The van der Waals surface area contributed by atoms with E-state index in [9.17, 15) is 10.2 Å². The van der Waals surface area contributed by atoms with Crippen LogP contribution in [-0.4, -0.2) is 10.2 Å². The van der Waals surface area contributed by atoms with E-state index in [1.165, 1.54) is 5.56 Å². The molecule has 0 atom stereocenters. The van der Waals surface area contributed by atoms with E-state index in [0.29, 0.717) is 11.5 Å². The number of hydrogen-bond acceptors (Lipinski definition) is 2. The molecule has 0 fully saturated rings. The van der Waals surface area contributed by atoms with Crippen LogP contribution in [0.4, 0.5) is 0 Å². The van der Waals surface area contributed by atoms with Gasteiger partial charge in [0.25, 0.3) is 0 Å². The third kappa shape index (κ3) is 2.15. The van der Waals surface area contributed by atoms with Crippen LogP contribution in [0.2, 0.25) is 0 Å². The summed E-state index contributed by atoms with van der Waals surface area (Å²) in [5.41, 5.74) is 2.18. The lowest BCUT2D eigenvalue weighted by Gasteiger charge is -2.13. The summed E-state index contributed by atoms with van der Waals surface area (Å²) >= 11 is 0. The van der Waals surface area contributed by atoms with Crippen LogP contribution in [0.15, 0.2) is 24.3 Å². The number of fused-ring (bicyclic) bond motifs is 1. The minimum atomic E-state index is 0.294. The Morgan fingerprint density at radius 1 is 0.833 bits per heavy atom. The zero-order valence-corrected chi connectivity index (χ0v) is 11.0. The average Bonchev–Trinajstić information content (AvgIpc) is 2.36. The van der Waals surface area contributed by atoms with Crippen LogP contribution < -0.4 is 0 Å². The summed E-state index contributed by atoms with van der Waals surface area (Å²) in [5, 5.41) is 21.9. The molecule has 2 aromatic rings. The Kier molecular flexibility index (Phi) is 3.75. The highest BCUT2D eigenvalue weighted by molar-refractivity contribution is 5.95. The molecule has 0 saturated heterocycles. The van der Waals surface area contributed by atoms with Crippen LogP contribution in [0.25, 0.3) is 10.8 Å². The van der Waals surface area contributed by atoms with Crippen molar-refractivity contribution in [3.05, 3.63) is 35.4 Å². The van der Waals surface area contributed by atoms with Gasteiger partial charge in [0.05, 0.1) is 0 Å². The molecule has 0 aromatic heterocycles. The summed E-state index contributed by atoms with van der Waals surface area (Å²) in [6.45, 7) is 4.24. The second-order valence-electron chi connectivity index (χ2n) is 4.73. The van der Waals surface area contributed by atoms with Crippen molar-refractivity contribution < 1.29 is 10.2 Å². The number of benzene rings is 2. The maximum atomic E-state index is 10.0. The van der Waals surface area contributed by atoms with E-state index in [0.717, 1.165) is 42.0 Å². The lowest BCUT2D eigenvalue weighted by atomic mass is 9.93. The number of hydrogen-bond donors (Lipinski definition) is 2. The summed E-state index contributed by atoms with van der Waals surface area (Å²) in [7, 11) is 0. The van der Waals surface area contributed by atoms with Crippen molar-refractivity contribution >= 4 is 10.8 Å². The van der Waals surface area contributed by atoms with E-state index in [-0.39, 0.29) is 0 Å². The third-order valence-electron chi connectivity index (χ3n) is 3.35. The summed E-state index contributed by atoms with van der Waals surface area (Å²) in [5.74, 6) is 0.634. The molecule has 0 heterocycles. The monoisotopic (exact) mass is 244 g/mol. The fraction of sp³-hybridized carbons (Fsp3) is 0.375. The SMILES string of the molecule is CCCc1ccc(O)c2ccc(O)c(CCC)c12. The Morgan fingerprint density at radius 2 is 1.50 bits per heavy atom. The molecule has 2 aromatic carbocycles. The van der Waals surface area contributed by atoms with Crippen LogP contribution in [0, 0.1) is 0 Å². The van der Waals surface area contributed by atoms with Gasteiger partial charge in [0.15, 0.2) is 0 Å². The van der Waals surface area contributed by atoms with E-state index in [4.69, 9.17) is 0 Å². The molecule has 0 spiro atoms. The van der Waals surface area contributed by atoms with Gasteiger partial charge in [-0.3, -0.25) is 0 Å². The van der Waals surface area contributed by atoms with E-state index >= 15 is 0 Å². The zero-order valence-electron chi connectivity index (χ0n) is 11.0. The Hall–Kier alpha value is -1.70. The summed E-state index contributed by atoms with van der Waals surface area (Å²) in [4.78, 5) is 0. The molecule has 0 saturated carbocycles. The van der Waals surface area contributed by atoms with Gasteiger partial charge in [-0.2, -0.15) is 0 Å². The molecule has 2 N–H and O–H groups in total. The summed E-state index contributed by atoms with van der Waals surface area (Å²) in [6, 6.07) is 7.21. The van der Waals surface area contributed by atoms with Crippen molar-refractivity contribution in [1.82, 2.24) is 0 Å². The highest BCUT2D eigenvalue weighted by Gasteiger charge is 2.12. The minimum Gasteiger partial charge on any atom is -0.508 e. The summed E-state index contributed by atoms with van der Waals surface area (Å²) in [6.07, 6.45) is 3.84. The molecule has 18 heavy (non-hydrogen) atoms. The number of aromatic hydroxyl groups is 2. The van der Waals surface area contributed by atoms with E-state index in [2.05, 4.69) is 13.8 Å². The minimum absolute atomic E-state index is 0.294. The summed E-state index contributed by atoms with van der Waals surface area (Å²) < 4.78 is 0.